The van der Waals surface area contributed by atoms with Crippen LogP contribution in [0.15, 0.2) is 29.2 Å². The van der Waals surface area contributed by atoms with Crippen LogP contribution in [0.5, 0.6) is 0 Å². The van der Waals surface area contributed by atoms with Gasteiger partial charge in [0.1, 0.15) is 0 Å². The summed E-state index contributed by atoms with van der Waals surface area (Å²) >= 11 is 0. The molecule has 0 spiro atoms. The minimum absolute atomic E-state index is 0.208. The summed E-state index contributed by atoms with van der Waals surface area (Å²) in [7, 11) is -3.12. The van der Waals surface area contributed by atoms with Gasteiger partial charge in [-0.3, -0.25) is 0 Å². The number of sulfone groups is 1. The summed E-state index contributed by atoms with van der Waals surface area (Å²) in [6.45, 7) is 1.88. The molecule has 0 saturated carbocycles. The second-order valence-electron chi connectivity index (χ2n) is 5.70. The fraction of sp³-hybridized carbons (Fsp3) is 0.600. The molecule has 1 N–H and O–H groups in total. The summed E-state index contributed by atoms with van der Waals surface area (Å²) in [6, 6.07) is 7.47. The molecule has 2 aliphatic heterocycles. The number of benzene rings is 1. The Labute approximate surface area is 120 Å². The molecule has 1 aromatic carbocycles. The topological polar surface area (TPSA) is 55.4 Å². The summed E-state index contributed by atoms with van der Waals surface area (Å²) in [4.78, 5) is 0.411. The number of fused-ring (bicyclic) bond motifs is 2. The number of ether oxygens (including phenoxy) is 1. The highest BCUT2D eigenvalue weighted by molar-refractivity contribution is 7.91. The maximum absolute atomic E-state index is 12.0. The van der Waals surface area contributed by atoms with Crippen molar-refractivity contribution in [2.45, 2.75) is 55.8 Å². The zero-order valence-electron chi connectivity index (χ0n) is 11.7. The molecule has 1 aromatic rings. The average Bonchev–Trinajstić information content (AvgIpc) is 3.01. The van der Waals surface area contributed by atoms with Crippen molar-refractivity contribution in [1.82, 2.24) is 0 Å². The number of rotatable bonds is 5. The van der Waals surface area contributed by atoms with Crippen molar-refractivity contribution in [2.75, 3.05) is 11.1 Å². The lowest BCUT2D eigenvalue weighted by atomic mass is 9.95. The van der Waals surface area contributed by atoms with Crippen LogP contribution in [0.3, 0.4) is 0 Å². The number of hydrogen-bond acceptors (Lipinski definition) is 4. The van der Waals surface area contributed by atoms with E-state index >= 15 is 0 Å². The first kappa shape index (κ1) is 13.9. The third kappa shape index (κ3) is 2.69. The molecule has 4 nitrogen and oxygen atoms in total. The molecule has 3 unspecified atom stereocenters. The highest BCUT2D eigenvalue weighted by Gasteiger charge is 2.40. The van der Waals surface area contributed by atoms with Crippen molar-refractivity contribution < 1.29 is 13.2 Å². The van der Waals surface area contributed by atoms with E-state index in [1.165, 1.54) is 6.42 Å². The lowest BCUT2D eigenvalue weighted by Crippen LogP contribution is -2.30. The van der Waals surface area contributed by atoms with E-state index in [2.05, 4.69) is 5.32 Å². The van der Waals surface area contributed by atoms with Crippen LogP contribution < -0.4 is 5.32 Å². The fourth-order valence-corrected chi connectivity index (χ4v) is 4.47. The maximum atomic E-state index is 12.0. The predicted octanol–water partition coefficient (Wildman–Crippen LogP) is 2.60. The molecule has 5 heteroatoms. The van der Waals surface area contributed by atoms with Crippen molar-refractivity contribution in [3.8, 4) is 0 Å². The van der Waals surface area contributed by atoms with Crippen molar-refractivity contribution in [3.05, 3.63) is 24.3 Å². The highest BCUT2D eigenvalue weighted by atomic mass is 32.2. The molecule has 3 atom stereocenters. The Balaban J connectivity index is 1.67. The van der Waals surface area contributed by atoms with Crippen LogP contribution in [0.2, 0.25) is 0 Å². The smallest absolute Gasteiger partial charge is 0.178 e. The second-order valence-corrected chi connectivity index (χ2v) is 7.81. The van der Waals surface area contributed by atoms with E-state index in [4.69, 9.17) is 4.74 Å². The van der Waals surface area contributed by atoms with E-state index in [0.29, 0.717) is 29.6 Å². The van der Waals surface area contributed by atoms with E-state index in [9.17, 15) is 8.42 Å². The van der Waals surface area contributed by atoms with Crippen molar-refractivity contribution in [3.63, 3.8) is 0 Å². The summed E-state index contributed by atoms with van der Waals surface area (Å²) in [6.07, 6.45) is 4.75. The molecule has 0 aromatic heterocycles. The van der Waals surface area contributed by atoms with Gasteiger partial charge in [0.25, 0.3) is 0 Å². The molecule has 2 aliphatic rings. The predicted molar refractivity (Wildman–Crippen MR) is 78.7 cm³/mol. The van der Waals surface area contributed by atoms with Gasteiger partial charge in [0.2, 0.25) is 0 Å². The third-order valence-electron chi connectivity index (χ3n) is 4.14. The van der Waals surface area contributed by atoms with Crippen molar-refractivity contribution >= 4 is 15.5 Å². The molecule has 110 valence electrons. The number of nitrogens with one attached hydrogen (secondary N) is 1. The average molecular weight is 295 g/mol. The van der Waals surface area contributed by atoms with E-state index < -0.39 is 9.84 Å². The zero-order valence-corrected chi connectivity index (χ0v) is 12.5. The molecule has 0 radical (unpaired) electrons. The molecule has 2 fully saturated rings. The Kier molecular flexibility index (Phi) is 3.73. The number of hydrogen-bond donors (Lipinski definition) is 1. The van der Waals surface area contributed by atoms with Gasteiger partial charge in [0, 0.05) is 5.69 Å². The molecule has 2 bridgehead atoms. The van der Waals surface area contributed by atoms with E-state index in [1.54, 1.807) is 12.1 Å². The Morgan fingerprint density at radius 2 is 2.00 bits per heavy atom. The van der Waals surface area contributed by atoms with Crippen LogP contribution in [0.1, 0.15) is 32.6 Å². The molecule has 2 saturated heterocycles. The van der Waals surface area contributed by atoms with Gasteiger partial charge in [-0.15, -0.1) is 0 Å². The van der Waals surface area contributed by atoms with E-state index in [1.807, 2.05) is 19.1 Å². The minimum Gasteiger partial charge on any atom is -0.380 e. The van der Waals surface area contributed by atoms with Crippen LogP contribution in [-0.4, -0.2) is 32.4 Å². The zero-order chi connectivity index (χ0) is 14.2. The van der Waals surface area contributed by atoms with Crippen molar-refractivity contribution in [1.29, 1.82) is 0 Å². The molecular weight excluding hydrogens is 274 g/mol. The fourth-order valence-electron chi connectivity index (χ4n) is 3.15. The molecule has 0 aliphatic carbocycles. The second kappa shape index (κ2) is 5.37. The monoisotopic (exact) mass is 295 g/mol. The lowest BCUT2D eigenvalue weighted by molar-refractivity contribution is 0.102. The first-order valence-corrected chi connectivity index (χ1v) is 8.98. The van der Waals surface area contributed by atoms with Crippen LogP contribution in [0.4, 0.5) is 5.69 Å². The molecule has 2 heterocycles. The van der Waals surface area contributed by atoms with Crippen LogP contribution in [-0.2, 0) is 14.6 Å². The maximum Gasteiger partial charge on any atom is 0.178 e. The Hall–Kier alpha value is -1.07. The highest BCUT2D eigenvalue weighted by Crippen LogP contribution is 2.36. The molecule has 20 heavy (non-hydrogen) atoms. The van der Waals surface area contributed by atoms with Gasteiger partial charge in [-0.2, -0.15) is 0 Å². The Bertz CT molecular complexity index is 567. The van der Waals surface area contributed by atoms with Crippen LogP contribution >= 0.6 is 0 Å². The van der Waals surface area contributed by atoms with Gasteiger partial charge in [0.15, 0.2) is 9.84 Å². The van der Waals surface area contributed by atoms with E-state index in [0.717, 1.165) is 18.5 Å². The first-order chi connectivity index (χ1) is 9.58. The number of anilines is 1. The van der Waals surface area contributed by atoms with Gasteiger partial charge in [-0.1, -0.05) is 6.92 Å². The first-order valence-electron chi connectivity index (χ1n) is 7.33. The minimum atomic E-state index is -3.12. The summed E-state index contributed by atoms with van der Waals surface area (Å²) < 4.78 is 29.7. The molecular formula is C15H21NO3S. The quantitative estimate of drug-likeness (QED) is 0.907. The van der Waals surface area contributed by atoms with Gasteiger partial charge < -0.3 is 10.1 Å². The standard InChI is InChI=1S/C15H21NO3S/c1-2-9-20(17,18)13-6-3-11(4-7-13)16-14-10-12-5-8-15(14)19-12/h3-4,6-7,12,14-16H,2,5,8-10H2,1H3. The van der Waals surface area contributed by atoms with Crippen molar-refractivity contribution in [2.24, 2.45) is 0 Å². The van der Waals surface area contributed by atoms with Gasteiger partial charge in [-0.25, -0.2) is 8.42 Å². The van der Waals surface area contributed by atoms with Gasteiger partial charge >= 0.3 is 0 Å². The summed E-state index contributed by atoms with van der Waals surface area (Å²) in [5.74, 6) is 0.208. The van der Waals surface area contributed by atoms with Gasteiger partial charge in [0.05, 0.1) is 28.9 Å². The molecule has 3 rings (SSSR count). The largest absolute Gasteiger partial charge is 0.380 e. The summed E-state index contributed by atoms with van der Waals surface area (Å²) in [5, 5.41) is 3.46. The van der Waals surface area contributed by atoms with Gasteiger partial charge in [-0.05, 0) is 49.9 Å². The Morgan fingerprint density at radius 1 is 1.25 bits per heavy atom. The summed E-state index contributed by atoms with van der Waals surface area (Å²) in [5.41, 5.74) is 0.974. The SMILES string of the molecule is CCCS(=O)(=O)c1ccc(NC2CC3CCC2O3)cc1. The van der Waals surface area contributed by atoms with Crippen LogP contribution in [0, 0.1) is 0 Å². The van der Waals surface area contributed by atoms with Crippen LogP contribution in [0.25, 0.3) is 0 Å². The molecule has 0 amide bonds. The normalized spacial score (nSPS) is 28.8. The Morgan fingerprint density at radius 3 is 2.55 bits per heavy atom. The van der Waals surface area contributed by atoms with E-state index in [-0.39, 0.29) is 5.75 Å². The third-order valence-corrected chi connectivity index (χ3v) is 6.08. The lowest BCUT2D eigenvalue weighted by Gasteiger charge is -2.21.